The second-order valence-corrected chi connectivity index (χ2v) is 7.78. The molecule has 0 heterocycles. The minimum absolute atomic E-state index is 0.0305. The second-order valence-electron chi connectivity index (χ2n) is 5.78. The van der Waals surface area contributed by atoms with Crippen LogP contribution in [-0.4, -0.2) is 39.3 Å². The maximum absolute atomic E-state index is 13.0. The molecular formula is C19H24N2O4S. The second kappa shape index (κ2) is 8.82. The number of methoxy groups -OCH3 is 1. The maximum atomic E-state index is 13.0. The minimum atomic E-state index is -3.74. The lowest BCUT2D eigenvalue weighted by atomic mass is 10.0. The van der Waals surface area contributed by atoms with E-state index in [9.17, 15) is 13.2 Å². The molecule has 0 radical (unpaired) electrons. The van der Waals surface area contributed by atoms with E-state index >= 15 is 0 Å². The molecule has 1 N–H and O–H groups in total. The molecule has 140 valence electrons. The largest absolute Gasteiger partial charge is 0.497 e. The SMILES string of the molecule is CCNC(=O)C[C@H](c1ccc(OC)cc1)N(C)S(=O)(=O)c1ccccc1. The van der Waals surface area contributed by atoms with Gasteiger partial charge in [-0.05, 0) is 36.8 Å². The highest BCUT2D eigenvalue weighted by atomic mass is 32.2. The number of carbonyl (C=O) groups is 1. The molecule has 6 nitrogen and oxygen atoms in total. The van der Waals surface area contributed by atoms with Crippen molar-refractivity contribution >= 4 is 15.9 Å². The first-order chi connectivity index (χ1) is 12.4. The third-order valence-corrected chi connectivity index (χ3v) is 5.99. The van der Waals surface area contributed by atoms with Crippen LogP contribution in [0.1, 0.15) is 24.9 Å². The molecule has 0 saturated carbocycles. The fourth-order valence-corrected chi connectivity index (χ4v) is 4.02. The van der Waals surface area contributed by atoms with Crippen molar-refractivity contribution in [3.63, 3.8) is 0 Å². The first-order valence-electron chi connectivity index (χ1n) is 8.34. The van der Waals surface area contributed by atoms with Crippen LogP contribution >= 0.6 is 0 Å². The van der Waals surface area contributed by atoms with Crippen molar-refractivity contribution in [1.29, 1.82) is 0 Å². The lowest BCUT2D eigenvalue weighted by Crippen LogP contribution is -2.35. The summed E-state index contributed by atoms with van der Waals surface area (Å²) in [7, 11) is -0.681. The van der Waals surface area contributed by atoms with Crippen LogP contribution in [0, 0.1) is 0 Å². The van der Waals surface area contributed by atoms with E-state index in [1.165, 1.54) is 11.4 Å². The molecule has 0 aromatic heterocycles. The molecule has 26 heavy (non-hydrogen) atoms. The van der Waals surface area contributed by atoms with Gasteiger partial charge in [0.2, 0.25) is 15.9 Å². The van der Waals surface area contributed by atoms with E-state index in [4.69, 9.17) is 4.74 Å². The molecule has 1 amide bonds. The summed E-state index contributed by atoms with van der Waals surface area (Å²) in [5.74, 6) is 0.461. The Bertz CT molecular complexity index is 820. The van der Waals surface area contributed by atoms with Crippen molar-refractivity contribution in [2.45, 2.75) is 24.3 Å². The average Bonchev–Trinajstić information content (AvgIpc) is 2.66. The van der Waals surface area contributed by atoms with Crippen LogP contribution < -0.4 is 10.1 Å². The molecule has 0 unspecified atom stereocenters. The summed E-state index contributed by atoms with van der Waals surface area (Å²) in [5, 5.41) is 2.73. The molecule has 7 heteroatoms. The molecule has 0 fully saturated rings. The van der Waals surface area contributed by atoms with E-state index in [-0.39, 0.29) is 17.2 Å². The van der Waals surface area contributed by atoms with Gasteiger partial charge in [0, 0.05) is 20.0 Å². The van der Waals surface area contributed by atoms with Crippen LogP contribution in [0.3, 0.4) is 0 Å². The number of rotatable bonds is 8. The van der Waals surface area contributed by atoms with Gasteiger partial charge in [-0.25, -0.2) is 8.42 Å². The standard InChI is InChI=1S/C19H24N2O4S/c1-4-20-19(22)14-18(15-10-12-16(25-3)13-11-15)21(2)26(23,24)17-8-6-5-7-9-17/h5-13,18H,4,14H2,1-3H3,(H,20,22)/t18-/m1/s1. The van der Waals surface area contributed by atoms with Gasteiger partial charge in [-0.15, -0.1) is 0 Å². The quantitative estimate of drug-likeness (QED) is 0.768. The smallest absolute Gasteiger partial charge is 0.243 e. The highest BCUT2D eigenvalue weighted by Crippen LogP contribution is 2.30. The van der Waals surface area contributed by atoms with Crippen molar-refractivity contribution in [2.75, 3.05) is 20.7 Å². The Hall–Kier alpha value is -2.38. The highest BCUT2D eigenvalue weighted by Gasteiger charge is 2.30. The van der Waals surface area contributed by atoms with Gasteiger partial charge < -0.3 is 10.1 Å². The van der Waals surface area contributed by atoms with Gasteiger partial charge in [0.1, 0.15) is 5.75 Å². The molecule has 0 bridgehead atoms. The van der Waals surface area contributed by atoms with E-state index in [0.717, 1.165) is 5.56 Å². The first kappa shape index (κ1) is 19.9. The Kier molecular flexibility index (Phi) is 6.76. The monoisotopic (exact) mass is 376 g/mol. The topological polar surface area (TPSA) is 75.7 Å². The van der Waals surface area contributed by atoms with Crippen LogP contribution in [0.5, 0.6) is 5.75 Å². The summed E-state index contributed by atoms with van der Waals surface area (Å²) in [6.45, 7) is 2.31. The zero-order valence-corrected chi connectivity index (χ0v) is 16.0. The number of ether oxygens (including phenoxy) is 1. The Morgan fingerprint density at radius 3 is 2.27 bits per heavy atom. The minimum Gasteiger partial charge on any atom is -0.497 e. The van der Waals surface area contributed by atoms with Gasteiger partial charge in [-0.1, -0.05) is 30.3 Å². The van der Waals surface area contributed by atoms with Gasteiger partial charge in [-0.3, -0.25) is 4.79 Å². The summed E-state index contributed by atoms with van der Waals surface area (Å²) < 4.78 is 32.4. The van der Waals surface area contributed by atoms with E-state index < -0.39 is 16.1 Å². The molecule has 2 rings (SSSR count). The third-order valence-electron chi connectivity index (χ3n) is 4.11. The first-order valence-corrected chi connectivity index (χ1v) is 9.78. The molecule has 1 atom stereocenters. The van der Waals surface area contributed by atoms with Gasteiger partial charge in [0.15, 0.2) is 0 Å². The van der Waals surface area contributed by atoms with Gasteiger partial charge in [0.25, 0.3) is 0 Å². The molecule has 0 aliphatic heterocycles. The number of amides is 1. The number of hydrogen-bond donors (Lipinski definition) is 1. The summed E-state index contributed by atoms with van der Waals surface area (Å²) in [6.07, 6.45) is 0.0305. The highest BCUT2D eigenvalue weighted by molar-refractivity contribution is 7.89. The molecule has 0 spiro atoms. The van der Waals surface area contributed by atoms with Crippen molar-refractivity contribution < 1.29 is 17.9 Å². The molecule has 0 aliphatic rings. The molecule has 2 aromatic carbocycles. The van der Waals surface area contributed by atoms with Crippen LogP contribution in [0.4, 0.5) is 0 Å². The normalized spacial score (nSPS) is 12.6. The number of hydrogen-bond acceptors (Lipinski definition) is 4. The Morgan fingerprint density at radius 2 is 1.73 bits per heavy atom. The molecule has 2 aromatic rings. The van der Waals surface area contributed by atoms with Crippen molar-refractivity contribution in [1.82, 2.24) is 9.62 Å². The average molecular weight is 376 g/mol. The summed E-state index contributed by atoms with van der Waals surface area (Å²) >= 11 is 0. The molecule has 0 aliphatic carbocycles. The van der Waals surface area contributed by atoms with Gasteiger partial charge in [-0.2, -0.15) is 4.31 Å². The van der Waals surface area contributed by atoms with Gasteiger partial charge in [0.05, 0.1) is 18.0 Å². The third kappa shape index (κ3) is 4.62. The van der Waals surface area contributed by atoms with Crippen LogP contribution in [0.25, 0.3) is 0 Å². The van der Waals surface area contributed by atoms with Crippen LogP contribution in [-0.2, 0) is 14.8 Å². The number of sulfonamides is 1. The lowest BCUT2D eigenvalue weighted by Gasteiger charge is -2.27. The summed E-state index contributed by atoms with van der Waals surface area (Å²) in [4.78, 5) is 12.4. The maximum Gasteiger partial charge on any atom is 0.243 e. The van der Waals surface area contributed by atoms with Crippen LogP contribution in [0.15, 0.2) is 59.5 Å². The predicted octanol–water partition coefficient (Wildman–Crippen LogP) is 2.58. The molecule has 0 saturated heterocycles. The predicted molar refractivity (Wildman–Crippen MR) is 100 cm³/mol. The van der Waals surface area contributed by atoms with E-state index in [1.807, 2.05) is 6.92 Å². The summed E-state index contributed by atoms with van der Waals surface area (Å²) in [6, 6.07) is 14.6. The van der Waals surface area contributed by atoms with E-state index in [1.54, 1.807) is 61.7 Å². The number of nitrogens with one attached hydrogen (secondary N) is 1. The Balaban J connectivity index is 2.39. The lowest BCUT2D eigenvalue weighted by molar-refractivity contribution is -0.121. The molecular weight excluding hydrogens is 352 g/mol. The van der Waals surface area contributed by atoms with Crippen molar-refractivity contribution in [3.05, 3.63) is 60.2 Å². The number of benzene rings is 2. The van der Waals surface area contributed by atoms with E-state index in [2.05, 4.69) is 5.32 Å². The number of nitrogens with zero attached hydrogens (tertiary/aromatic N) is 1. The Labute approximate surface area is 154 Å². The van der Waals surface area contributed by atoms with Crippen LogP contribution in [0.2, 0.25) is 0 Å². The van der Waals surface area contributed by atoms with Crippen molar-refractivity contribution in [2.24, 2.45) is 0 Å². The zero-order valence-electron chi connectivity index (χ0n) is 15.2. The Morgan fingerprint density at radius 1 is 1.12 bits per heavy atom. The van der Waals surface area contributed by atoms with Crippen molar-refractivity contribution in [3.8, 4) is 5.75 Å². The van der Waals surface area contributed by atoms with E-state index in [0.29, 0.717) is 12.3 Å². The summed E-state index contributed by atoms with van der Waals surface area (Å²) in [5.41, 5.74) is 0.721. The fraction of sp³-hybridized carbons (Fsp3) is 0.316. The fourth-order valence-electron chi connectivity index (χ4n) is 2.65. The zero-order chi connectivity index (χ0) is 19.2. The van der Waals surface area contributed by atoms with Gasteiger partial charge >= 0.3 is 0 Å². The number of carbonyl (C=O) groups excluding carboxylic acids is 1.